The smallest absolute Gasteiger partial charge is 0 e. The molecule has 0 amide bonds. The maximum Gasteiger partial charge on any atom is 0.187 e. The van der Waals surface area contributed by atoms with Crippen LogP contribution in [-0.2, 0) is 60.6 Å². The van der Waals surface area contributed by atoms with Crippen molar-refractivity contribution in [1.82, 2.24) is 0 Å². The van der Waals surface area contributed by atoms with Gasteiger partial charge in [0.1, 0.15) is 0 Å². The van der Waals surface area contributed by atoms with E-state index in [-0.39, 0.29) is 78.0 Å². The second-order valence-electron chi connectivity index (χ2n) is 0. The van der Waals surface area contributed by atoms with Gasteiger partial charge in [-0.2, -0.15) is 0 Å². The molecule has 0 atom stereocenters. The van der Waals surface area contributed by atoms with Gasteiger partial charge in [0, 0.05) is 60.6 Å². The SMILES string of the molecule is [AlH3].[Au].[Ni].[Ti]. The van der Waals surface area contributed by atoms with E-state index in [1.165, 1.54) is 0 Å². The molecule has 0 aromatic rings. The van der Waals surface area contributed by atoms with Gasteiger partial charge in [-0.05, 0) is 0 Å². The molecule has 0 rings (SSSR count). The van der Waals surface area contributed by atoms with Crippen molar-refractivity contribution < 1.29 is 60.6 Å². The largest absolute Gasteiger partial charge is 0.187 e. The van der Waals surface area contributed by atoms with E-state index in [4.69, 9.17) is 0 Å². The van der Waals surface area contributed by atoms with Gasteiger partial charge < -0.3 is 0 Å². The summed E-state index contributed by atoms with van der Waals surface area (Å²) in [6.07, 6.45) is 0. The second kappa shape index (κ2) is 17.9. The quantitative estimate of drug-likeness (QED) is 0.489. The minimum atomic E-state index is 0. The number of hydrogen-bond acceptors (Lipinski definition) is 0. The summed E-state index contributed by atoms with van der Waals surface area (Å²) in [5, 5.41) is 0. The van der Waals surface area contributed by atoms with Crippen LogP contribution in [0.3, 0.4) is 0 Å². The Labute approximate surface area is 76.9 Å². The summed E-state index contributed by atoms with van der Waals surface area (Å²) < 4.78 is 0. The number of rotatable bonds is 0. The Morgan fingerprint density at radius 3 is 1.00 bits per heavy atom. The van der Waals surface area contributed by atoms with Gasteiger partial charge in [-0.1, -0.05) is 0 Å². The zero-order chi connectivity index (χ0) is 0. The Hall–Kier alpha value is 2.48. The summed E-state index contributed by atoms with van der Waals surface area (Å²) in [5.74, 6) is 0. The molecule has 0 spiro atoms. The Bertz CT molecular complexity index is 8.00. The van der Waals surface area contributed by atoms with Gasteiger partial charge in [-0.25, -0.2) is 0 Å². The van der Waals surface area contributed by atoms with Crippen LogP contribution in [0, 0.1) is 0 Å². The summed E-state index contributed by atoms with van der Waals surface area (Å²) in [4.78, 5) is 0. The topological polar surface area (TPSA) is 0 Å². The maximum absolute atomic E-state index is 0. The van der Waals surface area contributed by atoms with Crippen molar-refractivity contribution in [2.75, 3.05) is 0 Å². The molecule has 0 N–H and O–H groups in total. The molecule has 0 aromatic heterocycles. The van der Waals surface area contributed by atoms with Crippen LogP contribution in [-0.4, -0.2) is 17.4 Å². The molecule has 0 unspecified atom stereocenters. The van der Waals surface area contributed by atoms with Crippen LogP contribution in [0.2, 0.25) is 0 Å². The van der Waals surface area contributed by atoms with Crippen LogP contribution < -0.4 is 0 Å². The van der Waals surface area contributed by atoms with E-state index in [0.29, 0.717) is 0 Å². The molecule has 1 radical (unpaired) electrons. The van der Waals surface area contributed by atoms with Crippen molar-refractivity contribution in [3.8, 4) is 0 Å². The normalized spacial score (nSPS) is 0. The summed E-state index contributed by atoms with van der Waals surface area (Å²) in [5.41, 5.74) is 0. The van der Waals surface area contributed by atoms with Crippen LogP contribution in [0.1, 0.15) is 0 Å². The molecule has 0 aliphatic rings. The molecular formula is H3AlAuNiTi. The Morgan fingerprint density at radius 2 is 1.00 bits per heavy atom. The molecule has 0 saturated heterocycles. The van der Waals surface area contributed by atoms with Crippen LogP contribution in [0.5, 0.6) is 0 Å². The third-order valence-corrected chi connectivity index (χ3v) is 0. The molecule has 0 heterocycles. The van der Waals surface area contributed by atoms with Gasteiger partial charge in [0.2, 0.25) is 0 Å². The first-order valence-electron chi connectivity index (χ1n) is 0. The van der Waals surface area contributed by atoms with E-state index >= 15 is 0 Å². The van der Waals surface area contributed by atoms with E-state index in [1.807, 2.05) is 0 Å². The van der Waals surface area contributed by atoms with Crippen molar-refractivity contribution in [1.29, 1.82) is 0 Å². The fourth-order valence-corrected chi connectivity index (χ4v) is 0. The molecule has 0 bridgehead atoms. The van der Waals surface area contributed by atoms with Gasteiger partial charge in [0.15, 0.2) is 17.4 Å². The van der Waals surface area contributed by atoms with Gasteiger partial charge in [-0.3, -0.25) is 0 Å². The predicted molar refractivity (Wildman–Crippen MR) is 9.94 cm³/mol. The van der Waals surface area contributed by atoms with E-state index in [2.05, 4.69) is 0 Å². The zero-order valence-electron chi connectivity index (χ0n) is 1.12. The molecule has 4 heteroatoms. The van der Waals surface area contributed by atoms with Crippen LogP contribution in [0.25, 0.3) is 0 Å². The zero-order valence-corrected chi connectivity index (χ0v) is 5.83. The maximum atomic E-state index is 0. The van der Waals surface area contributed by atoms with Crippen molar-refractivity contribution in [3.63, 3.8) is 0 Å². The molecule has 31 valence electrons. The minimum Gasteiger partial charge on any atom is 0 e. The van der Waals surface area contributed by atoms with E-state index < -0.39 is 0 Å². The molecule has 0 aliphatic heterocycles. The first kappa shape index (κ1) is 31.6. The molecular weight excluding hydrogens is 331 g/mol. The van der Waals surface area contributed by atoms with Crippen LogP contribution in [0.4, 0.5) is 0 Å². The first-order chi connectivity index (χ1) is 0. The van der Waals surface area contributed by atoms with Gasteiger partial charge in [-0.15, -0.1) is 0 Å². The van der Waals surface area contributed by atoms with Gasteiger partial charge >= 0.3 is 0 Å². The van der Waals surface area contributed by atoms with E-state index in [0.717, 1.165) is 0 Å². The van der Waals surface area contributed by atoms with E-state index in [9.17, 15) is 0 Å². The minimum absolute atomic E-state index is 0. The Morgan fingerprint density at radius 1 is 1.00 bits per heavy atom. The van der Waals surface area contributed by atoms with Gasteiger partial charge in [0.25, 0.3) is 0 Å². The summed E-state index contributed by atoms with van der Waals surface area (Å²) in [6.45, 7) is 0. The molecule has 0 fully saturated rings. The van der Waals surface area contributed by atoms with Crippen molar-refractivity contribution in [3.05, 3.63) is 0 Å². The van der Waals surface area contributed by atoms with Crippen LogP contribution >= 0.6 is 0 Å². The van der Waals surface area contributed by atoms with Crippen molar-refractivity contribution in [2.45, 2.75) is 0 Å². The summed E-state index contributed by atoms with van der Waals surface area (Å²) in [7, 11) is 0. The third-order valence-electron chi connectivity index (χ3n) is 0. The van der Waals surface area contributed by atoms with Crippen molar-refractivity contribution in [2.24, 2.45) is 0 Å². The molecule has 0 aliphatic carbocycles. The van der Waals surface area contributed by atoms with Crippen molar-refractivity contribution >= 4 is 17.4 Å². The molecule has 0 saturated carbocycles. The number of hydrogen-bond donors (Lipinski definition) is 0. The van der Waals surface area contributed by atoms with E-state index in [1.54, 1.807) is 0 Å². The summed E-state index contributed by atoms with van der Waals surface area (Å²) in [6, 6.07) is 0. The molecule has 0 aromatic carbocycles. The van der Waals surface area contributed by atoms with Crippen LogP contribution in [0.15, 0.2) is 0 Å². The first-order valence-corrected chi connectivity index (χ1v) is 0. The fraction of sp³-hybridized carbons (Fsp3) is 0. The second-order valence-corrected chi connectivity index (χ2v) is 0. The third kappa shape index (κ3) is 8.82. The average Bonchev–Trinajstić information content (AvgIpc) is 0. The summed E-state index contributed by atoms with van der Waals surface area (Å²) >= 11 is 0. The average molecular weight is 334 g/mol. The predicted octanol–water partition coefficient (Wildman–Crippen LogP) is -1.19. The fourth-order valence-electron chi connectivity index (χ4n) is 0. The Balaban J connectivity index is 0. The standard InChI is InChI=1S/Al.Au.Ni.Ti.3H. The Kier molecular flexibility index (Phi) is 141. The monoisotopic (exact) mass is 333 g/mol. The molecule has 4 heavy (non-hydrogen) atoms. The van der Waals surface area contributed by atoms with Gasteiger partial charge in [0.05, 0.1) is 0 Å². The molecule has 0 nitrogen and oxygen atoms in total.